The molecule has 0 fully saturated rings. The van der Waals surface area contributed by atoms with Crippen molar-refractivity contribution in [1.29, 1.82) is 0 Å². The summed E-state index contributed by atoms with van der Waals surface area (Å²) in [5, 5.41) is 19.4. The Kier molecular flexibility index (Phi) is 9.99. The van der Waals surface area contributed by atoms with Crippen LogP contribution in [0.5, 0.6) is 11.5 Å². The summed E-state index contributed by atoms with van der Waals surface area (Å²) < 4.78 is 13.4. The van der Waals surface area contributed by atoms with E-state index in [0.717, 1.165) is 53.7 Å². The van der Waals surface area contributed by atoms with Gasteiger partial charge < -0.3 is 24.3 Å². The lowest BCUT2D eigenvalue weighted by molar-refractivity contribution is -0.138. The predicted molar refractivity (Wildman–Crippen MR) is 157 cm³/mol. The van der Waals surface area contributed by atoms with Crippen LogP contribution in [0.25, 0.3) is 23.1 Å². The Bertz CT molecular complexity index is 1470. The molecule has 0 aliphatic heterocycles. The number of unbranched alkanes of at least 4 members (excludes halogenated alkanes) is 1. The highest BCUT2D eigenvalue weighted by Crippen LogP contribution is 2.28. The third kappa shape index (κ3) is 7.76. The van der Waals surface area contributed by atoms with Crippen molar-refractivity contribution in [3.05, 3.63) is 95.2 Å². The van der Waals surface area contributed by atoms with Crippen LogP contribution in [-0.4, -0.2) is 39.9 Å². The van der Waals surface area contributed by atoms with Crippen molar-refractivity contribution in [2.45, 2.75) is 45.6 Å². The van der Waals surface area contributed by atoms with Crippen LogP contribution in [-0.2, 0) is 29.0 Å². The molecule has 40 heavy (non-hydrogen) atoms. The van der Waals surface area contributed by atoms with E-state index in [-0.39, 0.29) is 13.0 Å². The molecule has 208 valence electrons. The van der Waals surface area contributed by atoms with E-state index < -0.39 is 11.9 Å². The summed E-state index contributed by atoms with van der Waals surface area (Å²) in [5.41, 5.74) is 4.33. The molecule has 1 aromatic heterocycles. The molecule has 0 spiro atoms. The van der Waals surface area contributed by atoms with Crippen LogP contribution < -0.4 is 9.47 Å². The molecule has 0 atom stereocenters. The fraction of sp³-hybridized carbons (Fsp3) is 0.273. The van der Waals surface area contributed by atoms with E-state index in [1.54, 1.807) is 10.8 Å². The Labute approximate surface area is 234 Å². The van der Waals surface area contributed by atoms with Gasteiger partial charge in [0.25, 0.3) is 0 Å². The second-order valence-electron chi connectivity index (χ2n) is 9.65. The number of aromatic nitrogens is 1. The Hall–Kier alpha value is -4.52. The third-order valence-electron chi connectivity index (χ3n) is 6.56. The molecule has 0 saturated carbocycles. The summed E-state index contributed by atoms with van der Waals surface area (Å²) >= 11 is 0. The Morgan fingerprint density at radius 2 is 1.57 bits per heavy atom. The van der Waals surface area contributed by atoms with E-state index in [4.69, 9.17) is 9.47 Å². The van der Waals surface area contributed by atoms with Crippen molar-refractivity contribution in [1.82, 2.24) is 4.57 Å². The first kappa shape index (κ1) is 28.5. The van der Waals surface area contributed by atoms with E-state index in [0.29, 0.717) is 24.3 Å². The highest BCUT2D eigenvalue weighted by atomic mass is 16.5. The topological polar surface area (TPSA) is 98.0 Å². The molecule has 0 saturated heterocycles. The average molecular weight is 542 g/mol. The van der Waals surface area contributed by atoms with Gasteiger partial charge in [-0.15, -0.1) is 0 Å². The number of rotatable bonds is 15. The minimum Gasteiger partial charge on any atom is -0.494 e. The van der Waals surface area contributed by atoms with E-state index in [1.807, 2.05) is 72.8 Å². The molecular formula is C33H35NO6. The summed E-state index contributed by atoms with van der Waals surface area (Å²) in [6.07, 6.45) is 9.22. The van der Waals surface area contributed by atoms with Crippen molar-refractivity contribution >= 4 is 35.0 Å². The largest absolute Gasteiger partial charge is 0.494 e. The lowest BCUT2D eigenvalue weighted by atomic mass is 10.0. The van der Waals surface area contributed by atoms with E-state index in [1.165, 1.54) is 5.56 Å². The van der Waals surface area contributed by atoms with Gasteiger partial charge in [-0.25, -0.2) is 0 Å². The normalized spacial score (nSPS) is 11.2. The number of nitrogens with zero attached hydrogens (tertiary/aromatic N) is 1. The van der Waals surface area contributed by atoms with Crippen molar-refractivity contribution < 1.29 is 29.3 Å². The SMILES string of the molecule is CCCc1ccccc1OCCCCOc1ccc(C=Cc2cccc3c2c(CC(=O)O)cn3CC(=O)O)cc1. The number of hydrogen-bond donors (Lipinski definition) is 2. The number of carbonyl (C=O) groups is 2. The fourth-order valence-electron chi connectivity index (χ4n) is 4.74. The smallest absolute Gasteiger partial charge is 0.323 e. The first-order chi connectivity index (χ1) is 19.4. The first-order valence-electron chi connectivity index (χ1n) is 13.6. The highest BCUT2D eigenvalue weighted by Gasteiger charge is 2.15. The number of carboxylic acids is 2. The van der Waals surface area contributed by atoms with Crippen LogP contribution in [0.1, 0.15) is 48.4 Å². The third-order valence-corrected chi connectivity index (χ3v) is 6.56. The lowest BCUT2D eigenvalue weighted by Gasteiger charge is -2.11. The molecule has 7 heteroatoms. The molecule has 2 N–H and O–H groups in total. The maximum Gasteiger partial charge on any atom is 0.323 e. The number of ether oxygens (including phenoxy) is 2. The molecule has 0 radical (unpaired) electrons. The van der Waals surface area contributed by atoms with Crippen molar-refractivity contribution in [2.24, 2.45) is 0 Å². The molecule has 0 unspecified atom stereocenters. The molecular weight excluding hydrogens is 506 g/mol. The van der Waals surface area contributed by atoms with Gasteiger partial charge >= 0.3 is 11.9 Å². The number of aliphatic carboxylic acids is 2. The van der Waals surface area contributed by atoms with E-state index >= 15 is 0 Å². The second-order valence-corrected chi connectivity index (χ2v) is 9.65. The monoisotopic (exact) mass is 541 g/mol. The number of aryl methyl sites for hydroxylation is 1. The summed E-state index contributed by atoms with van der Waals surface area (Å²) in [7, 11) is 0. The van der Waals surface area contributed by atoms with Gasteiger partial charge in [0.2, 0.25) is 0 Å². The molecule has 4 aromatic rings. The first-order valence-corrected chi connectivity index (χ1v) is 13.6. The van der Waals surface area contributed by atoms with Crippen LogP contribution in [0.4, 0.5) is 0 Å². The van der Waals surface area contributed by atoms with Gasteiger partial charge in [-0.1, -0.05) is 68.0 Å². The molecule has 0 amide bonds. The molecule has 0 aliphatic carbocycles. The van der Waals surface area contributed by atoms with Gasteiger partial charge in [0.15, 0.2) is 0 Å². The quantitative estimate of drug-likeness (QED) is 0.128. The number of hydrogen-bond acceptors (Lipinski definition) is 4. The second kappa shape index (κ2) is 14.0. The van der Waals surface area contributed by atoms with Crippen LogP contribution >= 0.6 is 0 Å². The van der Waals surface area contributed by atoms with E-state index in [9.17, 15) is 19.8 Å². The molecule has 3 aromatic carbocycles. The Balaban J connectivity index is 1.32. The van der Waals surface area contributed by atoms with Crippen molar-refractivity contribution in [3.63, 3.8) is 0 Å². The zero-order valence-electron chi connectivity index (χ0n) is 22.7. The molecule has 1 heterocycles. The minimum absolute atomic E-state index is 0.182. The van der Waals surface area contributed by atoms with Gasteiger partial charge in [0.1, 0.15) is 18.0 Å². The standard InChI is InChI=1S/C33H35NO6/c1-2-8-25-9-3-4-12-30(25)40-20-6-5-19-39-28-17-14-24(15-18-28)13-16-26-10-7-11-29-33(26)27(21-31(35)36)22-34(29)23-32(37)38/h3-4,7,9-18,22H,2,5-6,8,19-21,23H2,1H3,(H,35,36)(H,37,38). The zero-order valence-corrected chi connectivity index (χ0v) is 22.7. The fourth-order valence-corrected chi connectivity index (χ4v) is 4.74. The minimum atomic E-state index is -0.983. The highest BCUT2D eigenvalue weighted by molar-refractivity contribution is 5.96. The van der Waals surface area contributed by atoms with Gasteiger partial charge in [-0.3, -0.25) is 9.59 Å². The van der Waals surface area contributed by atoms with Crippen LogP contribution in [0.15, 0.2) is 72.9 Å². The summed E-state index contributed by atoms with van der Waals surface area (Å²) in [6, 6.07) is 21.5. The summed E-state index contributed by atoms with van der Waals surface area (Å²) in [4.78, 5) is 22.7. The van der Waals surface area contributed by atoms with E-state index in [2.05, 4.69) is 13.0 Å². The molecule has 7 nitrogen and oxygen atoms in total. The van der Waals surface area contributed by atoms with Crippen molar-refractivity contribution in [3.8, 4) is 11.5 Å². The van der Waals surface area contributed by atoms with Crippen molar-refractivity contribution in [2.75, 3.05) is 13.2 Å². The Morgan fingerprint density at radius 1 is 0.825 bits per heavy atom. The predicted octanol–water partition coefficient (Wildman–Crippen LogP) is 6.71. The zero-order chi connectivity index (χ0) is 28.3. The van der Waals surface area contributed by atoms with Gasteiger partial charge in [0.05, 0.1) is 19.6 Å². The van der Waals surface area contributed by atoms with Crippen LogP contribution in [0.2, 0.25) is 0 Å². The number of para-hydroxylation sites is 1. The Morgan fingerprint density at radius 3 is 2.30 bits per heavy atom. The average Bonchev–Trinajstić information content (AvgIpc) is 3.27. The number of carboxylic acid groups (broad SMARTS) is 2. The van der Waals surface area contributed by atoms with Crippen LogP contribution in [0, 0.1) is 0 Å². The van der Waals surface area contributed by atoms with Gasteiger partial charge in [-0.05, 0) is 65.8 Å². The molecule has 0 aliphatic rings. The number of benzene rings is 3. The molecule has 4 rings (SSSR count). The van der Waals surface area contributed by atoms with Gasteiger partial charge in [0, 0.05) is 17.1 Å². The summed E-state index contributed by atoms with van der Waals surface area (Å²) in [6.45, 7) is 3.21. The number of fused-ring (bicyclic) bond motifs is 1. The maximum absolute atomic E-state index is 11.4. The van der Waals surface area contributed by atoms with Crippen LogP contribution in [0.3, 0.4) is 0 Å². The van der Waals surface area contributed by atoms with Gasteiger partial charge in [-0.2, -0.15) is 0 Å². The summed E-state index contributed by atoms with van der Waals surface area (Å²) in [5.74, 6) is -0.179. The molecule has 0 bridgehead atoms. The maximum atomic E-state index is 11.4. The lowest BCUT2D eigenvalue weighted by Crippen LogP contribution is -2.07.